The average Bonchev–Trinajstić information content (AvgIpc) is 2.87. The van der Waals surface area contributed by atoms with E-state index in [0.717, 1.165) is 36.0 Å². The van der Waals surface area contributed by atoms with Crippen molar-refractivity contribution in [1.82, 2.24) is 5.48 Å². The summed E-state index contributed by atoms with van der Waals surface area (Å²) in [5, 5.41) is 0. The number of hydroxylamine groups is 1. The Morgan fingerprint density at radius 1 is 0.816 bits per heavy atom. The molecular weight excluding hydrogens is 482 g/mol. The molecule has 0 atom stereocenters. The summed E-state index contributed by atoms with van der Waals surface area (Å²) < 4.78 is 10.5. The number of rotatable bonds is 11. The first kappa shape index (κ1) is 28.6. The zero-order chi connectivity index (χ0) is 27.5. The molecule has 3 aromatic carbocycles. The average molecular weight is 518 g/mol. The number of esters is 2. The van der Waals surface area contributed by atoms with E-state index >= 15 is 0 Å². The molecule has 38 heavy (non-hydrogen) atoms. The summed E-state index contributed by atoms with van der Waals surface area (Å²) in [6.45, 7) is 7.12. The summed E-state index contributed by atoms with van der Waals surface area (Å²) in [6, 6.07) is 22.6. The van der Waals surface area contributed by atoms with Crippen LogP contribution in [-0.2, 0) is 32.2 Å². The van der Waals surface area contributed by atoms with Crippen molar-refractivity contribution in [2.75, 3.05) is 0 Å². The lowest BCUT2D eigenvalue weighted by atomic mass is 9.99. The number of aryl methyl sites for hydroxylation is 1. The van der Waals surface area contributed by atoms with E-state index in [1.807, 2.05) is 51.1 Å². The second-order valence-electron chi connectivity index (χ2n) is 10.0. The fraction of sp³-hybridized carbons (Fsp3) is 0.323. The maximum Gasteiger partial charge on any atom is 0.338 e. The molecule has 7 nitrogen and oxygen atoms in total. The minimum atomic E-state index is -0.546. The Labute approximate surface area is 224 Å². The summed E-state index contributed by atoms with van der Waals surface area (Å²) in [7, 11) is 0. The molecule has 3 rings (SSSR count). The summed E-state index contributed by atoms with van der Waals surface area (Å²) in [4.78, 5) is 40.8. The van der Waals surface area contributed by atoms with Crippen LogP contribution in [0.5, 0.6) is 5.75 Å². The summed E-state index contributed by atoms with van der Waals surface area (Å²) >= 11 is 0. The number of ether oxygens (including phenoxy) is 2. The van der Waals surface area contributed by atoms with E-state index in [1.54, 1.807) is 30.3 Å². The van der Waals surface area contributed by atoms with Gasteiger partial charge in [0.1, 0.15) is 11.4 Å². The van der Waals surface area contributed by atoms with Crippen LogP contribution >= 0.6 is 0 Å². The molecule has 1 amide bonds. The Hall–Kier alpha value is -3.97. The van der Waals surface area contributed by atoms with Crippen molar-refractivity contribution in [1.29, 1.82) is 0 Å². The van der Waals surface area contributed by atoms with E-state index < -0.39 is 5.60 Å². The standard InChI is InChI=1S/C31H35NO6/c1-22(33)37-28-17-15-24(16-18-28)21-36-32-29(34)14-6-5-9-23-10-7-11-25(19-23)26-12-8-13-27(20-26)30(35)38-31(2,3)4/h7-8,10-13,15-20H,5-6,9,14,21H2,1-4H3,(H,32,34). The van der Waals surface area contributed by atoms with Gasteiger partial charge in [-0.2, -0.15) is 0 Å². The first-order valence-electron chi connectivity index (χ1n) is 12.7. The number of carbonyl (C=O) groups is 3. The summed E-state index contributed by atoms with van der Waals surface area (Å²) in [6.07, 6.45) is 2.78. The lowest BCUT2D eigenvalue weighted by Crippen LogP contribution is -2.23. The molecule has 3 aromatic rings. The predicted octanol–water partition coefficient (Wildman–Crippen LogP) is 6.20. The van der Waals surface area contributed by atoms with Crippen LogP contribution in [0, 0.1) is 0 Å². The second kappa shape index (κ2) is 13.5. The van der Waals surface area contributed by atoms with Gasteiger partial charge in [0.25, 0.3) is 0 Å². The number of hydrogen-bond donors (Lipinski definition) is 1. The van der Waals surface area contributed by atoms with Crippen molar-refractivity contribution >= 4 is 17.8 Å². The van der Waals surface area contributed by atoms with E-state index in [2.05, 4.69) is 17.6 Å². The molecule has 0 fully saturated rings. The first-order valence-corrected chi connectivity index (χ1v) is 12.7. The predicted molar refractivity (Wildman–Crippen MR) is 145 cm³/mol. The molecule has 0 radical (unpaired) electrons. The highest BCUT2D eigenvalue weighted by molar-refractivity contribution is 5.91. The van der Waals surface area contributed by atoms with Crippen molar-refractivity contribution in [3.05, 3.63) is 89.5 Å². The third kappa shape index (κ3) is 9.82. The van der Waals surface area contributed by atoms with Gasteiger partial charge in [-0.3, -0.25) is 14.4 Å². The van der Waals surface area contributed by atoms with Gasteiger partial charge in [-0.1, -0.05) is 48.5 Å². The van der Waals surface area contributed by atoms with Crippen LogP contribution in [-0.4, -0.2) is 23.4 Å². The van der Waals surface area contributed by atoms with Crippen LogP contribution in [0.25, 0.3) is 11.1 Å². The van der Waals surface area contributed by atoms with E-state index in [0.29, 0.717) is 17.7 Å². The number of unbranched alkanes of at least 4 members (excludes halogenated alkanes) is 1. The van der Waals surface area contributed by atoms with Gasteiger partial charge in [-0.05, 0) is 86.6 Å². The number of hydrogen-bond acceptors (Lipinski definition) is 6. The van der Waals surface area contributed by atoms with E-state index in [9.17, 15) is 14.4 Å². The van der Waals surface area contributed by atoms with Crippen molar-refractivity contribution < 1.29 is 28.7 Å². The number of nitrogens with one attached hydrogen (secondary N) is 1. The smallest absolute Gasteiger partial charge is 0.338 e. The van der Waals surface area contributed by atoms with Gasteiger partial charge in [0.05, 0.1) is 12.2 Å². The van der Waals surface area contributed by atoms with Crippen molar-refractivity contribution in [3.63, 3.8) is 0 Å². The SMILES string of the molecule is CC(=O)Oc1ccc(CONC(=O)CCCCc2cccc(-c3cccc(C(=O)OC(C)(C)C)c3)c2)cc1. The van der Waals surface area contributed by atoms with Crippen molar-refractivity contribution in [2.24, 2.45) is 0 Å². The van der Waals surface area contributed by atoms with Crippen molar-refractivity contribution in [2.45, 2.75) is 65.6 Å². The summed E-state index contributed by atoms with van der Waals surface area (Å²) in [5.74, 6) is -0.423. The zero-order valence-corrected chi connectivity index (χ0v) is 22.4. The van der Waals surface area contributed by atoms with Crippen LogP contribution in [0.3, 0.4) is 0 Å². The normalized spacial score (nSPS) is 11.1. The van der Waals surface area contributed by atoms with Crippen LogP contribution in [0.2, 0.25) is 0 Å². The molecule has 0 saturated carbocycles. The fourth-order valence-electron chi connectivity index (χ4n) is 3.75. The van der Waals surface area contributed by atoms with Crippen LogP contribution in [0.4, 0.5) is 0 Å². The molecule has 0 bridgehead atoms. The quantitative estimate of drug-likeness (QED) is 0.141. The molecular formula is C31H35NO6. The van der Waals surface area contributed by atoms with E-state index in [-0.39, 0.29) is 24.5 Å². The largest absolute Gasteiger partial charge is 0.456 e. The second-order valence-corrected chi connectivity index (χ2v) is 10.0. The molecule has 0 aromatic heterocycles. The third-order valence-corrected chi connectivity index (χ3v) is 5.49. The van der Waals surface area contributed by atoms with Gasteiger partial charge in [0, 0.05) is 13.3 Å². The van der Waals surface area contributed by atoms with Crippen molar-refractivity contribution in [3.8, 4) is 16.9 Å². The fourth-order valence-corrected chi connectivity index (χ4v) is 3.75. The molecule has 1 N–H and O–H groups in total. The lowest BCUT2D eigenvalue weighted by molar-refractivity contribution is -0.135. The summed E-state index contributed by atoms with van der Waals surface area (Å²) in [5.41, 5.74) is 6.44. The van der Waals surface area contributed by atoms with Gasteiger partial charge in [0.2, 0.25) is 5.91 Å². The van der Waals surface area contributed by atoms with Crippen LogP contribution in [0.1, 0.15) is 68.4 Å². The monoisotopic (exact) mass is 517 g/mol. The molecule has 0 saturated heterocycles. The maximum atomic E-state index is 12.4. The maximum absolute atomic E-state index is 12.4. The molecule has 0 spiro atoms. The Morgan fingerprint density at radius 3 is 2.18 bits per heavy atom. The van der Waals surface area contributed by atoms with E-state index in [4.69, 9.17) is 14.3 Å². The number of carbonyl (C=O) groups excluding carboxylic acids is 3. The van der Waals surface area contributed by atoms with Crippen LogP contribution < -0.4 is 10.2 Å². The Bertz CT molecular complexity index is 1240. The molecule has 0 aliphatic heterocycles. The topological polar surface area (TPSA) is 90.9 Å². The molecule has 0 aliphatic rings. The Kier molecular flexibility index (Phi) is 10.2. The minimum Gasteiger partial charge on any atom is -0.456 e. The van der Waals surface area contributed by atoms with E-state index in [1.165, 1.54) is 12.5 Å². The first-order chi connectivity index (χ1) is 18.1. The lowest BCUT2D eigenvalue weighted by Gasteiger charge is -2.19. The molecule has 0 heterocycles. The Balaban J connectivity index is 1.41. The highest BCUT2D eigenvalue weighted by Gasteiger charge is 2.18. The Morgan fingerprint density at radius 2 is 1.50 bits per heavy atom. The van der Waals surface area contributed by atoms with Gasteiger partial charge in [-0.15, -0.1) is 0 Å². The van der Waals surface area contributed by atoms with Gasteiger partial charge < -0.3 is 9.47 Å². The highest BCUT2D eigenvalue weighted by atomic mass is 16.6. The van der Waals surface area contributed by atoms with Gasteiger partial charge >= 0.3 is 11.9 Å². The molecule has 0 unspecified atom stereocenters. The zero-order valence-electron chi connectivity index (χ0n) is 22.4. The number of amides is 1. The van der Waals surface area contributed by atoms with Gasteiger partial charge in [0.15, 0.2) is 0 Å². The minimum absolute atomic E-state index is 0.172. The number of benzene rings is 3. The van der Waals surface area contributed by atoms with Crippen LogP contribution in [0.15, 0.2) is 72.8 Å². The molecule has 7 heteroatoms. The third-order valence-electron chi connectivity index (χ3n) is 5.49. The highest BCUT2D eigenvalue weighted by Crippen LogP contribution is 2.24. The molecule has 0 aliphatic carbocycles. The molecule has 200 valence electrons. The van der Waals surface area contributed by atoms with Gasteiger partial charge in [-0.25, -0.2) is 10.3 Å².